The van der Waals surface area contributed by atoms with Crippen LogP contribution >= 0.6 is 43.2 Å². The second-order valence-electron chi connectivity index (χ2n) is 4.57. The zero-order chi connectivity index (χ0) is 12.4. The van der Waals surface area contributed by atoms with Gasteiger partial charge in [-0.25, -0.2) is 0 Å². The average molecular weight is 381 g/mol. The molecule has 1 aliphatic rings. The molecule has 2 atom stereocenters. The lowest BCUT2D eigenvalue weighted by Gasteiger charge is -2.29. The molecule has 0 aliphatic heterocycles. The fourth-order valence-electron chi connectivity index (χ4n) is 2.23. The normalized spacial score (nSPS) is 24.6. The third kappa shape index (κ3) is 3.32. The van der Waals surface area contributed by atoms with E-state index in [0.717, 1.165) is 19.6 Å². The Labute approximate surface area is 122 Å². The maximum Gasteiger partial charge on any atom is 0.261 e. The first kappa shape index (κ1) is 13.6. The highest BCUT2D eigenvalue weighted by Gasteiger charge is 2.24. The summed E-state index contributed by atoms with van der Waals surface area (Å²) in [5.41, 5.74) is 0. The zero-order valence-corrected chi connectivity index (χ0v) is 13.6. The molecule has 1 amide bonds. The van der Waals surface area contributed by atoms with E-state index in [4.69, 9.17) is 0 Å². The van der Waals surface area contributed by atoms with Gasteiger partial charge >= 0.3 is 0 Å². The summed E-state index contributed by atoms with van der Waals surface area (Å²) < 4.78 is 1.92. The minimum absolute atomic E-state index is 0.0557. The molecule has 1 saturated carbocycles. The summed E-state index contributed by atoms with van der Waals surface area (Å²) in [5, 5.41) is 3.16. The van der Waals surface area contributed by atoms with Crippen molar-refractivity contribution in [3.8, 4) is 0 Å². The first-order chi connectivity index (χ1) is 8.08. The first-order valence-corrected chi connectivity index (χ1v) is 8.24. The average Bonchev–Trinajstić information content (AvgIpc) is 2.63. The molecular weight excluding hydrogens is 366 g/mol. The molecule has 0 bridgehead atoms. The summed E-state index contributed by atoms with van der Waals surface area (Å²) >= 11 is 8.29. The summed E-state index contributed by atoms with van der Waals surface area (Å²) in [6.45, 7) is 2.23. The molecule has 0 radical (unpaired) electrons. The van der Waals surface area contributed by atoms with Crippen molar-refractivity contribution in [2.24, 2.45) is 5.92 Å². The van der Waals surface area contributed by atoms with Gasteiger partial charge in [0.25, 0.3) is 5.91 Å². The van der Waals surface area contributed by atoms with E-state index >= 15 is 0 Å². The molecule has 2 unspecified atom stereocenters. The Morgan fingerprint density at radius 3 is 2.71 bits per heavy atom. The maximum atomic E-state index is 12.1. The minimum atomic E-state index is 0.0557. The Morgan fingerprint density at radius 1 is 1.41 bits per heavy atom. The van der Waals surface area contributed by atoms with E-state index in [0.29, 0.717) is 12.0 Å². The lowest BCUT2D eigenvalue weighted by Crippen LogP contribution is -2.40. The Morgan fingerprint density at radius 2 is 2.12 bits per heavy atom. The van der Waals surface area contributed by atoms with E-state index < -0.39 is 0 Å². The van der Waals surface area contributed by atoms with Crippen LogP contribution in [0.3, 0.4) is 0 Å². The Hall–Kier alpha value is 0.130. The van der Waals surface area contributed by atoms with Crippen molar-refractivity contribution < 1.29 is 4.79 Å². The van der Waals surface area contributed by atoms with Crippen LogP contribution in [0, 0.1) is 5.92 Å². The van der Waals surface area contributed by atoms with Crippen LogP contribution in [0.4, 0.5) is 0 Å². The molecule has 1 heterocycles. The van der Waals surface area contributed by atoms with Gasteiger partial charge in [0.1, 0.15) is 0 Å². The number of carbonyl (C=O) groups excluding carboxylic acids is 1. The lowest BCUT2D eigenvalue weighted by atomic mass is 9.86. The van der Waals surface area contributed by atoms with E-state index in [2.05, 4.69) is 44.1 Å². The molecule has 1 aromatic heterocycles. The van der Waals surface area contributed by atoms with Crippen LogP contribution in [-0.2, 0) is 0 Å². The van der Waals surface area contributed by atoms with E-state index in [1.807, 2.05) is 6.07 Å². The molecule has 2 rings (SSSR count). The van der Waals surface area contributed by atoms with Crippen LogP contribution in [0.5, 0.6) is 0 Å². The van der Waals surface area contributed by atoms with Crippen molar-refractivity contribution in [1.29, 1.82) is 0 Å². The van der Waals surface area contributed by atoms with Crippen LogP contribution in [0.2, 0.25) is 0 Å². The number of halogens is 2. The Balaban J connectivity index is 2.01. The second-order valence-corrected chi connectivity index (χ2v) is 7.80. The second kappa shape index (κ2) is 5.85. The number of amides is 1. The molecule has 0 spiro atoms. The van der Waals surface area contributed by atoms with Gasteiger partial charge in [0.15, 0.2) is 0 Å². The Kier molecular flexibility index (Phi) is 4.66. The number of thiophene rings is 1. The molecule has 1 aromatic rings. The van der Waals surface area contributed by atoms with Gasteiger partial charge in [-0.05, 0) is 56.7 Å². The maximum absolute atomic E-state index is 12.1. The standard InChI is InChI=1S/C12H15Br2NOS/c1-7-4-2-3-5-9(7)15-12(16)10-6-8(13)11(14)17-10/h6-7,9H,2-5H2,1H3,(H,15,16). The largest absolute Gasteiger partial charge is 0.348 e. The minimum Gasteiger partial charge on any atom is -0.348 e. The highest BCUT2D eigenvalue weighted by molar-refractivity contribution is 9.13. The fraction of sp³-hybridized carbons (Fsp3) is 0.583. The van der Waals surface area contributed by atoms with Crippen LogP contribution < -0.4 is 5.32 Å². The van der Waals surface area contributed by atoms with Crippen LogP contribution in [0.15, 0.2) is 14.3 Å². The molecule has 1 N–H and O–H groups in total. The lowest BCUT2D eigenvalue weighted by molar-refractivity contribution is 0.0914. The van der Waals surface area contributed by atoms with E-state index in [1.165, 1.54) is 30.6 Å². The number of carbonyl (C=O) groups is 1. The van der Waals surface area contributed by atoms with E-state index in [-0.39, 0.29) is 5.91 Å². The van der Waals surface area contributed by atoms with Gasteiger partial charge < -0.3 is 5.32 Å². The molecule has 1 fully saturated rings. The van der Waals surface area contributed by atoms with E-state index in [1.54, 1.807) is 0 Å². The first-order valence-electron chi connectivity index (χ1n) is 5.83. The third-order valence-electron chi connectivity index (χ3n) is 3.30. The SMILES string of the molecule is CC1CCCCC1NC(=O)c1cc(Br)c(Br)s1. The van der Waals surface area contributed by atoms with Gasteiger partial charge in [-0.15, -0.1) is 11.3 Å². The van der Waals surface area contributed by atoms with Gasteiger partial charge in [-0.1, -0.05) is 19.8 Å². The monoisotopic (exact) mass is 379 g/mol. The van der Waals surface area contributed by atoms with Gasteiger partial charge in [0, 0.05) is 10.5 Å². The molecule has 5 heteroatoms. The molecule has 2 nitrogen and oxygen atoms in total. The zero-order valence-electron chi connectivity index (χ0n) is 9.63. The summed E-state index contributed by atoms with van der Waals surface area (Å²) in [4.78, 5) is 12.8. The van der Waals surface area contributed by atoms with E-state index in [9.17, 15) is 4.79 Å². The van der Waals surface area contributed by atoms with Crippen molar-refractivity contribution in [3.63, 3.8) is 0 Å². The van der Waals surface area contributed by atoms with Crippen molar-refractivity contribution in [3.05, 3.63) is 19.2 Å². The van der Waals surface area contributed by atoms with Gasteiger partial charge in [0.2, 0.25) is 0 Å². The Bertz CT molecular complexity index is 399. The summed E-state index contributed by atoms with van der Waals surface area (Å²) in [5.74, 6) is 0.652. The van der Waals surface area contributed by atoms with Crippen molar-refractivity contribution >= 4 is 49.1 Å². The third-order valence-corrected chi connectivity index (χ3v) is 6.55. The number of rotatable bonds is 2. The molecule has 0 saturated heterocycles. The molecule has 1 aliphatic carbocycles. The van der Waals surface area contributed by atoms with Crippen LogP contribution in [0.1, 0.15) is 42.3 Å². The quantitative estimate of drug-likeness (QED) is 0.799. The van der Waals surface area contributed by atoms with Crippen molar-refractivity contribution in [1.82, 2.24) is 5.32 Å². The number of nitrogens with one attached hydrogen (secondary N) is 1. The summed E-state index contributed by atoms with van der Waals surface area (Å²) in [7, 11) is 0. The number of hydrogen-bond acceptors (Lipinski definition) is 2. The molecule has 0 aromatic carbocycles. The summed E-state index contributed by atoms with van der Waals surface area (Å²) in [6.07, 6.45) is 4.86. The van der Waals surface area contributed by atoms with Gasteiger partial charge in [-0.2, -0.15) is 0 Å². The smallest absolute Gasteiger partial charge is 0.261 e. The topological polar surface area (TPSA) is 29.1 Å². The fourth-order valence-corrected chi connectivity index (χ4v) is 4.17. The van der Waals surface area contributed by atoms with Crippen LogP contribution in [-0.4, -0.2) is 11.9 Å². The molecule has 94 valence electrons. The highest BCUT2D eigenvalue weighted by atomic mass is 79.9. The number of hydrogen-bond donors (Lipinski definition) is 1. The van der Waals surface area contributed by atoms with Crippen molar-refractivity contribution in [2.45, 2.75) is 38.6 Å². The highest BCUT2D eigenvalue weighted by Crippen LogP contribution is 2.32. The summed E-state index contributed by atoms with van der Waals surface area (Å²) in [6, 6.07) is 2.22. The van der Waals surface area contributed by atoms with Gasteiger partial charge in [-0.3, -0.25) is 4.79 Å². The predicted molar refractivity (Wildman–Crippen MR) is 78.6 cm³/mol. The van der Waals surface area contributed by atoms with Gasteiger partial charge in [0.05, 0.1) is 8.66 Å². The predicted octanol–water partition coefficient (Wildman–Crippen LogP) is 4.58. The molecule has 17 heavy (non-hydrogen) atoms. The van der Waals surface area contributed by atoms with Crippen molar-refractivity contribution in [2.75, 3.05) is 0 Å². The molecular formula is C12H15Br2NOS. The van der Waals surface area contributed by atoms with Crippen LogP contribution in [0.25, 0.3) is 0 Å².